The molecule has 0 bridgehead atoms. The fourth-order valence-electron chi connectivity index (χ4n) is 5.84. The van der Waals surface area contributed by atoms with Crippen molar-refractivity contribution in [3.63, 3.8) is 0 Å². The van der Waals surface area contributed by atoms with Crippen LogP contribution in [0.1, 0.15) is 73.6 Å². The quantitative estimate of drug-likeness (QED) is 0.338. The number of hydrogen-bond donors (Lipinski definition) is 0. The number of benzene rings is 2. The topological polar surface area (TPSA) is 94.4 Å². The first kappa shape index (κ1) is 29.3. The molecule has 2 atom stereocenters. The van der Waals surface area contributed by atoms with Crippen LogP contribution in [0.3, 0.4) is 0 Å². The summed E-state index contributed by atoms with van der Waals surface area (Å²) in [7, 11) is 0. The number of likely N-dealkylation sites (tertiary alicyclic amines) is 2. The van der Waals surface area contributed by atoms with Crippen molar-refractivity contribution in [1.82, 2.24) is 14.8 Å². The van der Waals surface area contributed by atoms with Crippen molar-refractivity contribution in [3.05, 3.63) is 100 Å². The minimum atomic E-state index is -1.12. The second-order valence-corrected chi connectivity index (χ2v) is 11.5. The van der Waals surface area contributed by atoms with Crippen LogP contribution in [0, 0.1) is 30.1 Å². The number of carbonyl (C=O) groups is 3. The van der Waals surface area contributed by atoms with E-state index in [0.717, 1.165) is 11.1 Å². The highest BCUT2D eigenvalue weighted by Crippen LogP contribution is 2.27. The van der Waals surface area contributed by atoms with Gasteiger partial charge in [0.05, 0.1) is 17.2 Å². The fraction of sp³-hybridized carbons (Fsp3) is 0.382. The van der Waals surface area contributed by atoms with E-state index in [2.05, 4.69) is 11.1 Å². The molecule has 3 aromatic rings. The lowest BCUT2D eigenvalue weighted by atomic mass is 9.88. The maximum atomic E-state index is 15.0. The number of aromatic nitrogens is 1. The van der Waals surface area contributed by atoms with Gasteiger partial charge in [0.15, 0.2) is 11.6 Å². The minimum Gasteiger partial charge on any atom is -0.339 e. The Labute approximate surface area is 246 Å². The summed E-state index contributed by atoms with van der Waals surface area (Å²) in [5.74, 6) is -0.739. The summed E-state index contributed by atoms with van der Waals surface area (Å²) in [5, 5.41) is 8.95. The molecule has 1 amide bonds. The molecule has 1 aromatic heterocycles. The van der Waals surface area contributed by atoms with Gasteiger partial charge in [-0.2, -0.15) is 5.26 Å². The van der Waals surface area contributed by atoms with Crippen molar-refractivity contribution in [3.8, 4) is 6.07 Å². The number of nitrogens with zero attached hydrogens (tertiary/aromatic N) is 4. The van der Waals surface area contributed by atoms with Crippen LogP contribution in [0.25, 0.3) is 0 Å². The van der Waals surface area contributed by atoms with E-state index in [0.29, 0.717) is 62.1 Å². The molecule has 0 aliphatic carbocycles. The van der Waals surface area contributed by atoms with E-state index in [1.165, 1.54) is 6.20 Å². The Morgan fingerprint density at radius 3 is 2.24 bits per heavy atom. The predicted octanol–water partition coefficient (Wildman–Crippen LogP) is 5.43. The second kappa shape index (κ2) is 13.2. The molecule has 8 heteroatoms. The average Bonchev–Trinajstić information content (AvgIpc) is 3.02. The molecule has 0 unspecified atom stereocenters. The van der Waals surface area contributed by atoms with Gasteiger partial charge in [-0.15, -0.1) is 0 Å². The molecule has 3 heterocycles. The van der Waals surface area contributed by atoms with Crippen LogP contribution in [-0.4, -0.2) is 64.6 Å². The number of alkyl halides is 1. The third-order valence-corrected chi connectivity index (χ3v) is 8.48. The molecule has 2 aromatic carbocycles. The third-order valence-electron chi connectivity index (χ3n) is 8.48. The van der Waals surface area contributed by atoms with Gasteiger partial charge in [-0.3, -0.25) is 24.3 Å². The summed E-state index contributed by atoms with van der Waals surface area (Å²) in [6.45, 7) is 4.51. The number of aryl methyl sites for hydroxylation is 1. The monoisotopic (exact) mass is 566 g/mol. The summed E-state index contributed by atoms with van der Waals surface area (Å²) >= 11 is 0. The number of piperidine rings is 2. The maximum absolute atomic E-state index is 15.0. The van der Waals surface area contributed by atoms with Crippen LogP contribution >= 0.6 is 0 Å². The molecule has 5 rings (SSSR count). The number of carbonyl (C=O) groups excluding carboxylic acids is 3. The molecule has 0 N–H and O–H groups in total. The Hall–Kier alpha value is -4.22. The molecule has 216 valence electrons. The first-order valence-corrected chi connectivity index (χ1v) is 14.6. The summed E-state index contributed by atoms with van der Waals surface area (Å²) in [4.78, 5) is 46.9. The summed E-state index contributed by atoms with van der Waals surface area (Å²) in [6, 6.07) is 20.1. The van der Waals surface area contributed by atoms with Crippen LogP contribution in [0.5, 0.6) is 0 Å². The number of ketones is 2. The van der Waals surface area contributed by atoms with Gasteiger partial charge in [0.1, 0.15) is 11.9 Å². The first-order chi connectivity index (χ1) is 20.3. The van der Waals surface area contributed by atoms with Crippen LogP contribution in [0.15, 0.2) is 66.9 Å². The van der Waals surface area contributed by atoms with Crippen LogP contribution in [0.2, 0.25) is 0 Å². The van der Waals surface area contributed by atoms with E-state index in [1.54, 1.807) is 29.2 Å². The van der Waals surface area contributed by atoms with Crippen molar-refractivity contribution in [2.45, 2.75) is 45.3 Å². The molecule has 42 heavy (non-hydrogen) atoms. The lowest BCUT2D eigenvalue weighted by Crippen LogP contribution is -2.42. The number of amides is 1. The number of pyridine rings is 1. The van der Waals surface area contributed by atoms with Crippen molar-refractivity contribution in [2.75, 3.05) is 26.2 Å². The van der Waals surface area contributed by atoms with Gasteiger partial charge in [-0.05, 0) is 68.5 Å². The number of nitriles is 1. The van der Waals surface area contributed by atoms with Gasteiger partial charge in [-0.25, -0.2) is 4.39 Å². The Bertz CT molecular complexity index is 1460. The Kier molecular flexibility index (Phi) is 9.19. The Balaban J connectivity index is 1.09. The van der Waals surface area contributed by atoms with Gasteiger partial charge in [0.25, 0.3) is 5.91 Å². The van der Waals surface area contributed by atoms with E-state index in [-0.39, 0.29) is 48.0 Å². The molecule has 0 saturated carbocycles. The summed E-state index contributed by atoms with van der Waals surface area (Å²) < 4.78 is 15.0. The molecule has 0 spiro atoms. The molecule has 2 aliphatic rings. The van der Waals surface area contributed by atoms with E-state index in [4.69, 9.17) is 5.26 Å². The van der Waals surface area contributed by atoms with Crippen molar-refractivity contribution < 1.29 is 18.8 Å². The van der Waals surface area contributed by atoms with Gasteiger partial charge in [0, 0.05) is 50.3 Å². The lowest BCUT2D eigenvalue weighted by molar-refractivity contribution is 0.0648. The first-order valence-electron chi connectivity index (χ1n) is 14.6. The van der Waals surface area contributed by atoms with Crippen molar-refractivity contribution in [1.29, 1.82) is 5.26 Å². The number of rotatable bonds is 8. The highest BCUT2D eigenvalue weighted by molar-refractivity contribution is 5.99. The largest absolute Gasteiger partial charge is 0.339 e. The van der Waals surface area contributed by atoms with Gasteiger partial charge >= 0.3 is 0 Å². The molecular formula is C34H35FN4O3. The zero-order chi connectivity index (χ0) is 29.6. The molecule has 7 nitrogen and oxygen atoms in total. The molecule has 0 radical (unpaired) electrons. The zero-order valence-electron chi connectivity index (χ0n) is 23.8. The van der Waals surface area contributed by atoms with Gasteiger partial charge in [0.2, 0.25) is 0 Å². The highest BCUT2D eigenvalue weighted by Gasteiger charge is 2.32. The summed E-state index contributed by atoms with van der Waals surface area (Å²) in [6.07, 6.45) is 2.17. The number of hydrogen-bond acceptors (Lipinski definition) is 6. The lowest BCUT2D eigenvalue weighted by Gasteiger charge is -2.34. The minimum absolute atomic E-state index is 0.0781. The molecule has 2 aliphatic heterocycles. The van der Waals surface area contributed by atoms with Crippen LogP contribution in [-0.2, 0) is 6.54 Å². The van der Waals surface area contributed by atoms with E-state index < -0.39 is 6.17 Å². The molecule has 2 fully saturated rings. The maximum Gasteiger partial charge on any atom is 0.255 e. The average molecular weight is 567 g/mol. The highest BCUT2D eigenvalue weighted by atomic mass is 19.1. The predicted molar refractivity (Wildman–Crippen MR) is 157 cm³/mol. The smallest absolute Gasteiger partial charge is 0.255 e. The third kappa shape index (κ3) is 6.97. The SMILES string of the molecule is Cc1ccc(C(=O)C2CCN(C(=O)c3ccc(C(=O)C[C@@H]4CCN(Cc5ccc(C#N)cc5)C[C@H]4F)nc3)CC2)cc1. The van der Waals surface area contributed by atoms with Gasteiger partial charge < -0.3 is 4.90 Å². The number of halogens is 1. The molecular weight excluding hydrogens is 531 g/mol. The van der Waals surface area contributed by atoms with Crippen LogP contribution in [0.4, 0.5) is 4.39 Å². The number of Topliss-reactive ketones (excluding diaryl/α,β-unsaturated/α-hetero) is 2. The molecule has 2 saturated heterocycles. The summed E-state index contributed by atoms with van der Waals surface area (Å²) in [5.41, 5.74) is 4.07. The normalized spacial score (nSPS) is 19.7. The standard InChI is InChI=1S/C34H35FN4O3/c1-23-2-8-26(9-3-23)33(41)27-13-16-39(17-14-27)34(42)29-10-11-31(37-20-29)32(40)18-28-12-15-38(22-30(28)35)21-25-6-4-24(19-36)5-7-25/h2-11,20,27-28,30H,12-18,21-22H2,1H3/t28-,30+/m0/s1. The van der Waals surface area contributed by atoms with Crippen LogP contribution < -0.4 is 0 Å². The van der Waals surface area contributed by atoms with Crippen molar-refractivity contribution in [2.24, 2.45) is 11.8 Å². The fourth-order valence-corrected chi connectivity index (χ4v) is 5.84. The Morgan fingerprint density at radius 1 is 0.929 bits per heavy atom. The van der Waals surface area contributed by atoms with E-state index in [9.17, 15) is 14.4 Å². The second-order valence-electron chi connectivity index (χ2n) is 11.5. The Morgan fingerprint density at radius 2 is 1.62 bits per heavy atom. The zero-order valence-corrected chi connectivity index (χ0v) is 23.8. The van der Waals surface area contributed by atoms with E-state index in [1.807, 2.05) is 48.2 Å². The van der Waals surface area contributed by atoms with Gasteiger partial charge in [-0.1, -0.05) is 42.0 Å². The van der Waals surface area contributed by atoms with Crippen molar-refractivity contribution >= 4 is 17.5 Å². The van der Waals surface area contributed by atoms with E-state index >= 15 is 4.39 Å².